The molecule has 8 rings (SSSR count). The molecule has 1 atom stereocenters. The Morgan fingerprint density at radius 1 is 0.965 bits per heavy atom. The number of aryl methyl sites for hydroxylation is 3. The number of hydrogen-bond donors (Lipinski definition) is 2. The Labute approximate surface area is 342 Å². The number of piperazine rings is 1. The SMILES string of the molecule is Cc1sc2c(c1C)C(c1ccc(Cl)cc1)=NC(CC(=O)N1CCN(CCCn3ccc4ccc(-c5nc(CC(=O)NCC(=O)O)cs5)cc43)CC1)c1nnc(C)n1-2. The van der Waals surface area contributed by atoms with Crippen molar-refractivity contribution in [1.82, 2.24) is 39.4 Å². The highest BCUT2D eigenvalue weighted by Gasteiger charge is 2.34. The molecular weight excluding hydrogens is 782 g/mol. The lowest BCUT2D eigenvalue weighted by molar-refractivity contribution is -0.137. The minimum Gasteiger partial charge on any atom is -0.480 e. The number of amides is 2. The molecule has 1 fully saturated rings. The minimum atomic E-state index is -1.08. The highest BCUT2D eigenvalue weighted by atomic mass is 35.5. The Kier molecular flexibility index (Phi) is 11.1. The van der Waals surface area contributed by atoms with Crippen LogP contribution in [0.2, 0.25) is 5.02 Å². The van der Waals surface area contributed by atoms with Gasteiger partial charge in [-0.15, -0.1) is 32.9 Å². The van der Waals surface area contributed by atoms with Crippen LogP contribution < -0.4 is 5.32 Å². The summed E-state index contributed by atoms with van der Waals surface area (Å²) < 4.78 is 4.35. The van der Waals surface area contributed by atoms with Gasteiger partial charge in [0.1, 0.15) is 28.4 Å². The molecule has 0 radical (unpaired) electrons. The minimum absolute atomic E-state index is 0.0333. The zero-order chi connectivity index (χ0) is 39.8. The predicted octanol–water partition coefficient (Wildman–Crippen LogP) is 6.25. The van der Waals surface area contributed by atoms with Crippen LogP contribution >= 0.6 is 34.3 Å². The molecule has 0 saturated carbocycles. The number of benzene rings is 2. The van der Waals surface area contributed by atoms with E-state index in [0.29, 0.717) is 29.6 Å². The zero-order valence-electron chi connectivity index (χ0n) is 31.9. The third-order valence-electron chi connectivity index (χ3n) is 10.7. The molecule has 1 unspecified atom stereocenters. The smallest absolute Gasteiger partial charge is 0.322 e. The molecule has 2 N–H and O–H groups in total. The van der Waals surface area contributed by atoms with E-state index in [1.807, 2.05) is 47.5 Å². The summed E-state index contributed by atoms with van der Waals surface area (Å²) >= 11 is 9.44. The number of aliphatic imine (C=N–C) groups is 1. The fourth-order valence-electron chi connectivity index (χ4n) is 7.55. The first-order valence-electron chi connectivity index (χ1n) is 18.9. The fourth-order valence-corrected chi connectivity index (χ4v) is 9.70. The molecule has 2 aromatic carbocycles. The van der Waals surface area contributed by atoms with Crippen molar-refractivity contribution in [1.29, 1.82) is 0 Å². The van der Waals surface area contributed by atoms with Crippen LogP contribution in [-0.4, -0.2) is 102 Å². The van der Waals surface area contributed by atoms with Crippen LogP contribution in [-0.2, 0) is 27.3 Å². The number of rotatable bonds is 12. The van der Waals surface area contributed by atoms with Crippen LogP contribution in [0.15, 0.2) is 65.1 Å². The molecule has 13 nitrogen and oxygen atoms in total. The van der Waals surface area contributed by atoms with Crippen molar-refractivity contribution in [2.45, 2.75) is 52.6 Å². The van der Waals surface area contributed by atoms with Crippen molar-refractivity contribution in [3.8, 4) is 15.6 Å². The molecule has 2 aliphatic rings. The molecule has 6 heterocycles. The van der Waals surface area contributed by atoms with E-state index in [-0.39, 0.29) is 24.7 Å². The quantitative estimate of drug-likeness (QED) is 0.147. The summed E-state index contributed by atoms with van der Waals surface area (Å²) in [5.74, 6) is 0.0665. The summed E-state index contributed by atoms with van der Waals surface area (Å²) in [6.07, 6.45) is 3.31. The number of carbonyl (C=O) groups is 3. The average molecular weight is 824 g/mol. The standard InChI is InChI=1S/C41H42ClN9O4S2/c1-24-25(2)57-41-37(24)38(28-7-9-30(42)10-8-28)45-32(39-47-46-26(3)51(39)41)21-35(53)50-17-15-48(16-18-50)12-4-13-49-14-11-27-5-6-29(19-33(27)49)40-44-31(23-56-40)20-34(52)43-22-36(54)55/h5-11,14,19,23,32H,4,12-13,15-18,20-22H2,1-3H3,(H,43,52)(H,54,55). The number of carboxylic acid groups (broad SMARTS) is 1. The van der Waals surface area contributed by atoms with E-state index in [0.717, 1.165) is 87.3 Å². The van der Waals surface area contributed by atoms with Crippen LogP contribution in [0.4, 0.5) is 0 Å². The van der Waals surface area contributed by atoms with Crippen LogP contribution in [0.5, 0.6) is 0 Å². The second kappa shape index (κ2) is 16.3. The molecule has 0 bridgehead atoms. The van der Waals surface area contributed by atoms with Crippen molar-refractivity contribution < 1.29 is 19.5 Å². The van der Waals surface area contributed by atoms with Crippen LogP contribution in [0.3, 0.4) is 0 Å². The number of thiophene rings is 1. The fraction of sp³-hybridized carbons (Fsp3) is 0.341. The van der Waals surface area contributed by atoms with E-state index in [4.69, 9.17) is 21.7 Å². The van der Waals surface area contributed by atoms with E-state index < -0.39 is 18.6 Å². The second-order valence-corrected chi connectivity index (χ2v) is 17.0. The molecule has 0 spiro atoms. The van der Waals surface area contributed by atoms with Gasteiger partial charge >= 0.3 is 5.97 Å². The third kappa shape index (κ3) is 8.15. The number of carboxylic acids is 1. The van der Waals surface area contributed by atoms with Gasteiger partial charge in [-0.05, 0) is 69.0 Å². The van der Waals surface area contributed by atoms with Crippen molar-refractivity contribution in [2.75, 3.05) is 39.3 Å². The molecule has 0 aliphatic carbocycles. The number of nitrogens with one attached hydrogen (secondary N) is 1. The number of hydrogen-bond acceptors (Lipinski definition) is 10. The Morgan fingerprint density at radius 3 is 2.51 bits per heavy atom. The molecule has 4 aromatic heterocycles. The van der Waals surface area contributed by atoms with E-state index in [1.165, 1.54) is 16.2 Å². The second-order valence-electron chi connectivity index (χ2n) is 14.5. The number of fused-ring (bicyclic) bond motifs is 4. The average Bonchev–Trinajstić information content (AvgIpc) is 3.98. The lowest BCUT2D eigenvalue weighted by Gasteiger charge is -2.35. The van der Waals surface area contributed by atoms with Gasteiger partial charge in [-0.2, -0.15) is 0 Å². The Morgan fingerprint density at radius 2 is 1.74 bits per heavy atom. The molecule has 57 heavy (non-hydrogen) atoms. The van der Waals surface area contributed by atoms with Gasteiger partial charge in [-0.3, -0.25) is 28.8 Å². The highest BCUT2D eigenvalue weighted by Crippen LogP contribution is 2.40. The van der Waals surface area contributed by atoms with Crippen molar-refractivity contribution in [2.24, 2.45) is 4.99 Å². The first-order valence-corrected chi connectivity index (χ1v) is 21.0. The maximum atomic E-state index is 14.0. The van der Waals surface area contributed by atoms with Crippen molar-refractivity contribution in [3.05, 3.63) is 104 Å². The summed E-state index contributed by atoms with van der Waals surface area (Å²) in [5, 5.41) is 25.7. The van der Waals surface area contributed by atoms with Gasteiger partial charge in [-0.1, -0.05) is 35.9 Å². The number of halogens is 1. The summed E-state index contributed by atoms with van der Waals surface area (Å²) in [6.45, 7) is 10.5. The van der Waals surface area contributed by atoms with Crippen LogP contribution in [0.1, 0.15) is 57.8 Å². The van der Waals surface area contributed by atoms with Gasteiger partial charge in [0.05, 0.1) is 24.2 Å². The lowest BCUT2D eigenvalue weighted by atomic mass is 9.99. The number of carbonyl (C=O) groups excluding carboxylic acids is 2. The maximum Gasteiger partial charge on any atom is 0.322 e. The van der Waals surface area contributed by atoms with E-state index in [2.05, 4.69) is 72.8 Å². The van der Waals surface area contributed by atoms with Crippen LogP contribution in [0.25, 0.3) is 26.5 Å². The largest absolute Gasteiger partial charge is 0.480 e. The molecule has 1 saturated heterocycles. The number of aromatic nitrogens is 5. The van der Waals surface area contributed by atoms with Gasteiger partial charge in [0.15, 0.2) is 5.82 Å². The van der Waals surface area contributed by atoms with Gasteiger partial charge in [0, 0.05) is 76.4 Å². The first-order chi connectivity index (χ1) is 27.5. The summed E-state index contributed by atoms with van der Waals surface area (Å²) in [4.78, 5) is 52.3. The molecule has 16 heteroatoms. The Hall–Kier alpha value is -5.22. The monoisotopic (exact) mass is 823 g/mol. The van der Waals surface area contributed by atoms with E-state index >= 15 is 0 Å². The topological polar surface area (TPSA) is 151 Å². The van der Waals surface area contributed by atoms with Gasteiger partial charge in [0.2, 0.25) is 11.8 Å². The zero-order valence-corrected chi connectivity index (χ0v) is 34.3. The van der Waals surface area contributed by atoms with E-state index in [9.17, 15) is 14.4 Å². The van der Waals surface area contributed by atoms with Gasteiger partial charge < -0.3 is 19.9 Å². The maximum absolute atomic E-state index is 14.0. The number of aliphatic carboxylic acids is 1. The summed E-state index contributed by atoms with van der Waals surface area (Å²) in [6, 6.07) is 15.6. The Bertz CT molecular complexity index is 2510. The molecule has 6 aromatic rings. The molecule has 2 amide bonds. The van der Waals surface area contributed by atoms with Crippen molar-refractivity contribution >= 4 is 68.7 Å². The van der Waals surface area contributed by atoms with Crippen molar-refractivity contribution in [3.63, 3.8) is 0 Å². The first kappa shape index (κ1) is 38.6. The summed E-state index contributed by atoms with van der Waals surface area (Å²) in [7, 11) is 0. The van der Waals surface area contributed by atoms with Gasteiger partial charge in [-0.25, -0.2) is 4.98 Å². The predicted molar refractivity (Wildman–Crippen MR) is 223 cm³/mol. The van der Waals surface area contributed by atoms with E-state index in [1.54, 1.807) is 11.3 Å². The highest BCUT2D eigenvalue weighted by molar-refractivity contribution is 7.15. The molecular formula is C41H42ClN9O4S2. The number of thiazole rings is 1. The summed E-state index contributed by atoms with van der Waals surface area (Å²) in [5.41, 5.74) is 6.70. The van der Waals surface area contributed by atoms with Crippen LogP contribution in [0, 0.1) is 20.8 Å². The third-order valence-corrected chi connectivity index (χ3v) is 13.1. The van der Waals surface area contributed by atoms with Gasteiger partial charge in [0.25, 0.3) is 0 Å². The normalized spacial score (nSPS) is 15.6. The lowest BCUT2D eigenvalue weighted by Crippen LogP contribution is -2.49. The number of nitrogens with zero attached hydrogens (tertiary/aromatic N) is 8. The Balaban J connectivity index is 0.888. The molecule has 2 aliphatic heterocycles. The molecule has 294 valence electrons.